The molecule has 3 aromatic rings. The number of aryl methyl sites for hydroxylation is 1. The molecule has 2 bridgehead atoms. The highest BCUT2D eigenvalue weighted by Gasteiger charge is 2.27. The van der Waals surface area contributed by atoms with Crippen LogP contribution in [0.4, 0.5) is 16.0 Å². The molecule has 1 saturated carbocycles. The van der Waals surface area contributed by atoms with Crippen molar-refractivity contribution in [1.29, 1.82) is 0 Å². The molecule has 0 spiro atoms. The zero-order valence-electron chi connectivity index (χ0n) is 15.5. The fraction of sp³-hybridized carbons (Fsp3) is 0.556. The molecule has 1 aliphatic carbocycles. The third kappa shape index (κ3) is 2.97. The van der Waals surface area contributed by atoms with E-state index >= 15 is 0 Å². The van der Waals surface area contributed by atoms with E-state index in [1.165, 1.54) is 0 Å². The van der Waals surface area contributed by atoms with E-state index < -0.39 is 6.17 Å². The Morgan fingerprint density at radius 1 is 1.25 bits per heavy atom. The molecule has 1 fully saturated rings. The van der Waals surface area contributed by atoms with Crippen LogP contribution in [0.5, 0.6) is 5.88 Å². The molecule has 148 valence electrons. The molecule has 3 aromatic heterocycles. The van der Waals surface area contributed by atoms with E-state index in [-0.39, 0.29) is 6.04 Å². The van der Waals surface area contributed by atoms with Gasteiger partial charge in [0.05, 0.1) is 23.7 Å². The van der Waals surface area contributed by atoms with Crippen LogP contribution in [0.3, 0.4) is 0 Å². The second-order valence-corrected chi connectivity index (χ2v) is 7.75. The first-order valence-electron chi connectivity index (χ1n) is 9.62. The van der Waals surface area contributed by atoms with Crippen molar-refractivity contribution in [3.63, 3.8) is 0 Å². The van der Waals surface area contributed by atoms with Crippen LogP contribution in [0.2, 0.25) is 5.15 Å². The monoisotopic (exact) mass is 405 g/mol. The zero-order chi connectivity index (χ0) is 19.3. The molecule has 5 rings (SSSR count). The van der Waals surface area contributed by atoms with Gasteiger partial charge in [-0.3, -0.25) is 4.68 Å². The molecule has 0 amide bonds. The van der Waals surface area contributed by atoms with Gasteiger partial charge in [0, 0.05) is 19.2 Å². The minimum absolute atomic E-state index is 0.182. The van der Waals surface area contributed by atoms with Crippen molar-refractivity contribution in [2.24, 2.45) is 0 Å². The van der Waals surface area contributed by atoms with Gasteiger partial charge >= 0.3 is 0 Å². The predicted octanol–water partition coefficient (Wildman–Crippen LogP) is 3.96. The summed E-state index contributed by atoms with van der Waals surface area (Å²) in [7, 11) is 0. The minimum atomic E-state index is -0.699. The van der Waals surface area contributed by atoms with E-state index in [1.54, 1.807) is 10.9 Å². The number of hydrogen-bond acceptors (Lipinski definition) is 6. The van der Waals surface area contributed by atoms with Crippen LogP contribution < -0.4 is 10.1 Å². The Morgan fingerprint density at radius 3 is 2.89 bits per heavy atom. The molecule has 4 heterocycles. The lowest BCUT2D eigenvalue weighted by Gasteiger charge is -2.25. The van der Waals surface area contributed by atoms with E-state index in [4.69, 9.17) is 21.4 Å². The van der Waals surface area contributed by atoms with Crippen molar-refractivity contribution in [1.82, 2.24) is 29.5 Å². The fourth-order valence-corrected chi connectivity index (χ4v) is 4.23. The van der Waals surface area contributed by atoms with Gasteiger partial charge in [-0.2, -0.15) is 10.1 Å². The number of anilines is 2. The molecule has 0 saturated heterocycles. The molecule has 8 nitrogen and oxygen atoms in total. The Balaban J connectivity index is 1.54. The number of halogens is 2. The maximum absolute atomic E-state index is 13.5. The number of alkyl halides is 1. The largest absolute Gasteiger partial charge is 0.475 e. The lowest BCUT2D eigenvalue weighted by atomic mass is 9.94. The van der Waals surface area contributed by atoms with Gasteiger partial charge in [0.2, 0.25) is 5.95 Å². The van der Waals surface area contributed by atoms with Gasteiger partial charge in [0.25, 0.3) is 5.88 Å². The SMILES string of the molecule is Cc1c2c(nn1C1CCC(F)CC1)OCCCn1nc(Cl)c3cnc(nc31)N2. The van der Waals surface area contributed by atoms with Crippen molar-refractivity contribution in [2.75, 3.05) is 11.9 Å². The summed E-state index contributed by atoms with van der Waals surface area (Å²) in [4.78, 5) is 8.98. The quantitative estimate of drug-likeness (QED) is 0.659. The number of fused-ring (bicyclic) bond motifs is 2. The van der Waals surface area contributed by atoms with Crippen molar-refractivity contribution in [2.45, 2.75) is 57.8 Å². The number of nitrogens with one attached hydrogen (secondary N) is 1. The van der Waals surface area contributed by atoms with E-state index in [2.05, 4.69) is 20.4 Å². The van der Waals surface area contributed by atoms with Gasteiger partial charge in [0.15, 0.2) is 10.8 Å². The van der Waals surface area contributed by atoms with Crippen LogP contribution in [0.15, 0.2) is 6.20 Å². The molecule has 2 aliphatic rings. The first kappa shape index (κ1) is 17.7. The molecule has 0 unspecified atom stereocenters. The molecular weight excluding hydrogens is 385 g/mol. The summed E-state index contributed by atoms with van der Waals surface area (Å²) in [5.41, 5.74) is 2.38. The molecule has 28 heavy (non-hydrogen) atoms. The maximum Gasteiger partial charge on any atom is 0.257 e. The molecule has 0 atom stereocenters. The topological polar surface area (TPSA) is 82.7 Å². The average molecular weight is 406 g/mol. The van der Waals surface area contributed by atoms with Crippen molar-refractivity contribution in [3.05, 3.63) is 17.0 Å². The fourth-order valence-electron chi connectivity index (χ4n) is 4.01. The van der Waals surface area contributed by atoms with E-state index in [0.717, 1.165) is 36.0 Å². The number of rotatable bonds is 1. The summed E-state index contributed by atoms with van der Waals surface area (Å²) < 4.78 is 23.3. The summed E-state index contributed by atoms with van der Waals surface area (Å²) in [6.45, 7) is 3.11. The summed E-state index contributed by atoms with van der Waals surface area (Å²) in [5.74, 6) is 0.966. The normalized spacial score (nSPS) is 22.4. The third-order valence-corrected chi connectivity index (χ3v) is 5.80. The van der Waals surface area contributed by atoms with Crippen LogP contribution in [-0.4, -0.2) is 42.3 Å². The van der Waals surface area contributed by atoms with Gasteiger partial charge in [0.1, 0.15) is 11.9 Å². The Hall–Kier alpha value is -2.42. The Kier molecular flexibility index (Phi) is 4.34. The van der Waals surface area contributed by atoms with Crippen LogP contribution in [-0.2, 0) is 6.54 Å². The minimum Gasteiger partial charge on any atom is -0.475 e. The number of aromatic nitrogens is 6. The molecule has 10 heteroatoms. The molecule has 1 aliphatic heterocycles. The second-order valence-electron chi connectivity index (χ2n) is 7.39. The summed E-state index contributed by atoms with van der Waals surface area (Å²) in [6.07, 6.45) is 4.43. The summed E-state index contributed by atoms with van der Waals surface area (Å²) >= 11 is 6.20. The molecule has 0 aromatic carbocycles. The number of ether oxygens (including phenoxy) is 1. The Labute approximate surface area is 166 Å². The molecular formula is C18H21ClFN7O. The van der Waals surface area contributed by atoms with Crippen LogP contribution in [0.25, 0.3) is 11.0 Å². The van der Waals surface area contributed by atoms with Gasteiger partial charge in [-0.25, -0.2) is 14.1 Å². The first-order valence-corrected chi connectivity index (χ1v) is 10.00. The lowest BCUT2D eigenvalue weighted by molar-refractivity contribution is 0.197. The zero-order valence-corrected chi connectivity index (χ0v) is 16.3. The number of hydrogen-bond donors (Lipinski definition) is 1. The predicted molar refractivity (Wildman–Crippen MR) is 103 cm³/mol. The average Bonchev–Trinajstić information content (AvgIpc) is 3.16. The van der Waals surface area contributed by atoms with Crippen molar-refractivity contribution < 1.29 is 9.13 Å². The van der Waals surface area contributed by atoms with Gasteiger partial charge in [-0.1, -0.05) is 11.6 Å². The highest BCUT2D eigenvalue weighted by atomic mass is 35.5. The molecule has 1 N–H and O–H groups in total. The van der Waals surface area contributed by atoms with E-state index in [9.17, 15) is 4.39 Å². The smallest absolute Gasteiger partial charge is 0.257 e. The highest BCUT2D eigenvalue weighted by Crippen LogP contribution is 2.37. The maximum atomic E-state index is 13.5. The van der Waals surface area contributed by atoms with Gasteiger partial charge < -0.3 is 10.1 Å². The van der Waals surface area contributed by atoms with Crippen LogP contribution in [0.1, 0.15) is 43.8 Å². The highest BCUT2D eigenvalue weighted by molar-refractivity contribution is 6.34. The first-order chi connectivity index (χ1) is 13.6. The summed E-state index contributed by atoms with van der Waals surface area (Å²) in [6, 6.07) is 0.182. The third-order valence-electron chi connectivity index (χ3n) is 5.52. The second kappa shape index (κ2) is 6.88. The Morgan fingerprint density at radius 2 is 2.07 bits per heavy atom. The van der Waals surface area contributed by atoms with Crippen molar-refractivity contribution >= 4 is 34.3 Å². The van der Waals surface area contributed by atoms with Crippen LogP contribution >= 0.6 is 11.6 Å². The van der Waals surface area contributed by atoms with Crippen LogP contribution in [0, 0.1) is 6.92 Å². The van der Waals surface area contributed by atoms with Gasteiger partial charge in [-0.15, -0.1) is 5.10 Å². The van der Waals surface area contributed by atoms with Gasteiger partial charge in [-0.05, 0) is 32.6 Å². The van der Waals surface area contributed by atoms with Crippen molar-refractivity contribution in [3.8, 4) is 5.88 Å². The number of nitrogens with zero attached hydrogens (tertiary/aromatic N) is 6. The standard InChI is InChI=1S/C18H21ClFN7O/c1-10-14-17(25-27(10)12-5-3-11(20)4-6-12)28-8-2-7-26-16-13(15(19)24-26)9-21-18(22-14)23-16/h9,11-12H,2-8H2,1H3,(H,21,22,23). The van der Waals surface area contributed by atoms with E-state index in [0.29, 0.717) is 48.6 Å². The van der Waals surface area contributed by atoms with E-state index in [1.807, 2.05) is 11.6 Å². The molecule has 0 radical (unpaired) electrons. The lowest BCUT2D eigenvalue weighted by Crippen LogP contribution is -2.20. The Bertz CT molecular complexity index is 1020. The summed E-state index contributed by atoms with van der Waals surface area (Å²) in [5, 5.41) is 13.4.